The normalized spacial score (nSPS) is 13.3. The molecule has 0 spiro atoms. The third-order valence-corrected chi connectivity index (χ3v) is 2.97. The molecule has 0 bridgehead atoms. The molecule has 2 N–H and O–H groups in total. The second kappa shape index (κ2) is 4.52. The zero-order valence-electron chi connectivity index (χ0n) is 6.92. The van der Waals surface area contributed by atoms with E-state index in [1.165, 1.54) is 11.3 Å². The van der Waals surface area contributed by atoms with Gasteiger partial charge in [0.1, 0.15) is 0 Å². The summed E-state index contributed by atoms with van der Waals surface area (Å²) in [6.45, 7) is 3.08. The summed E-state index contributed by atoms with van der Waals surface area (Å²) in [4.78, 5) is 1.48. The SMILES string of the molecule is CC(CCCN)c1cccs1. The van der Waals surface area contributed by atoms with Crippen LogP contribution < -0.4 is 5.73 Å². The molecular formula is C9H15NS. The number of hydrogen-bond acceptors (Lipinski definition) is 2. The van der Waals surface area contributed by atoms with Crippen molar-refractivity contribution >= 4 is 11.3 Å². The number of nitrogens with two attached hydrogens (primary N) is 1. The molecule has 0 fully saturated rings. The molecule has 1 aromatic rings. The fraction of sp³-hybridized carbons (Fsp3) is 0.556. The molecule has 0 aliphatic heterocycles. The maximum absolute atomic E-state index is 5.43. The molecule has 0 amide bonds. The van der Waals surface area contributed by atoms with Gasteiger partial charge < -0.3 is 5.73 Å². The van der Waals surface area contributed by atoms with Crippen molar-refractivity contribution in [2.24, 2.45) is 5.73 Å². The first-order chi connectivity index (χ1) is 5.34. The van der Waals surface area contributed by atoms with Crippen molar-refractivity contribution in [3.63, 3.8) is 0 Å². The van der Waals surface area contributed by atoms with Crippen LogP contribution in [0.4, 0.5) is 0 Å². The van der Waals surface area contributed by atoms with Crippen LogP contribution in [0.5, 0.6) is 0 Å². The fourth-order valence-electron chi connectivity index (χ4n) is 1.14. The minimum Gasteiger partial charge on any atom is -0.330 e. The average Bonchev–Trinajstić information content (AvgIpc) is 2.52. The van der Waals surface area contributed by atoms with Crippen molar-refractivity contribution in [3.05, 3.63) is 22.4 Å². The Balaban J connectivity index is 2.36. The summed E-state index contributed by atoms with van der Waals surface area (Å²) < 4.78 is 0. The van der Waals surface area contributed by atoms with Crippen molar-refractivity contribution in [2.45, 2.75) is 25.7 Å². The third-order valence-electron chi connectivity index (χ3n) is 1.87. The van der Waals surface area contributed by atoms with Gasteiger partial charge in [-0.3, -0.25) is 0 Å². The maximum atomic E-state index is 5.43. The van der Waals surface area contributed by atoms with Gasteiger partial charge in [-0.1, -0.05) is 13.0 Å². The summed E-state index contributed by atoms with van der Waals surface area (Å²) in [5.74, 6) is 0.693. The minimum atomic E-state index is 0.693. The smallest absolute Gasteiger partial charge is 0.00734 e. The van der Waals surface area contributed by atoms with Crippen LogP contribution in [0.2, 0.25) is 0 Å². The topological polar surface area (TPSA) is 26.0 Å². The minimum absolute atomic E-state index is 0.693. The van der Waals surface area contributed by atoms with Gasteiger partial charge in [-0.2, -0.15) is 0 Å². The Morgan fingerprint density at radius 2 is 2.45 bits per heavy atom. The molecular weight excluding hydrogens is 154 g/mol. The van der Waals surface area contributed by atoms with Gasteiger partial charge in [0.05, 0.1) is 0 Å². The third kappa shape index (κ3) is 2.64. The van der Waals surface area contributed by atoms with E-state index in [2.05, 4.69) is 24.4 Å². The highest BCUT2D eigenvalue weighted by molar-refractivity contribution is 7.10. The van der Waals surface area contributed by atoms with Crippen LogP contribution in [-0.4, -0.2) is 6.54 Å². The van der Waals surface area contributed by atoms with E-state index in [4.69, 9.17) is 5.73 Å². The fourth-order valence-corrected chi connectivity index (χ4v) is 1.96. The van der Waals surface area contributed by atoms with E-state index in [9.17, 15) is 0 Å². The second-order valence-corrected chi connectivity index (χ2v) is 3.83. The predicted molar refractivity (Wildman–Crippen MR) is 51.0 cm³/mol. The lowest BCUT2D eigenvalue weighted by Gasteiger charge is -2.06. The van der Waals surface area contributed by atoms with Crippen LogP contribution in [0.3, 0.4) is 0 Å². The number of hydrogen-bond donors (Lipinski definition) is 1. The van der Waals surface area contributed by atoms with Crippen LogP contribution in [-0.2, 0) is 0 Å². The molecule has 1 atom stereocenters. The Morgan fingerprint density at radius 3 is 3.00 bits per heavy atom. The van der Waals surface area contributed by atoms with E-state index in [0.717, 1.165) is 13.0 Å². The van der Waals surface area contributed by atoms with Crippen molar-refractivity contribution in [2.75, 3.05) is 6.54 Å². The maximum Gasteiger partial charge on any atom is 0.00734 e. The summed E-state index contributed by atoms with van der Waals surface area (Å²) in [5, 5.41) is 2.13. The molecule has 0 radical (unpaired) electrons. The first kappa shape index (κ1) is 8.75. The van der Waals surface area contributed by atoms with Gasteiger partial charge in [-0.05, 0) is 36.8 Å². The summed E-state index contributed by atoms with van der Waals surface area (Å²) >= 11 is 1.84. The predicted octanol–water partition coefficient (Wildman–Crippen LogP) is 2.59. The molecule has 1 heterocycles. The molecule has 1 aromatic heterocycles. The van der Waals surface area contributed by atoms with E-state index in [1.807, 2.05) is 11.3 Å². The average molecular weight is 169 g/mol. The first-order valence-corrected chi connectivity index (χ1v) is 4.96. The summed E-state index contributed by atoms with van der Waals surface area (Å²) in [7, 11) is 0. The van der Waals surface area contributed by atoms with E-state index >= 15 is 0 Å². The lowest BCUT2D eigenvalue weighted by atomic mass is 10.0. The molecule has 0 aliphatic rings. The van der Waals surface area contributed by atoms with Crippen LogP contribution in [0.25, 0.3) is 0 Å². The van der Waals surface area contributed by atoms with Gasteiger partial charge in [0.25, 0.3) is 0 Å². The Bertz CT molecular complexity index is 181. The molecule has 0 saturated heterocycles. The lowest BCUT2D eigenvalue weighted by molar-refractivity contribution is 0.649. The molecule has 1 unspecified atom stereocenters. The second-order valence-electron chi connectivity index (χ2n) is 2.85. The van der Waals surface area contributed by atoms with Gasteiger partial charge >= 0.3 is 0 Å². The van der Waals surface area contributed by atoms with Gasteiger partial charge in [0.15, 0.2) is 0 Å². The molecule has 0 saturated carbocycles. The highest BCUT2D eigenvalue weighted by atomic mass is 32.1. The van der Waals surface area contributed by atoms with Crippen molar-refractivity contribution in [3.8, 4) is 0 Å². The van der Waals surface area contributed by atoms with Gasteiger partial charge in [0, 0.05) is 4.88 Å². The molecule has 0 aliphatic carbocycles. The van der Waals surface area contributed by atoms with Crippen molar-refractivity contribution < 1.29 is 0 Å². The number of thiophene rings is 1. The monoisotopic (exact) mass is 169 g/mol. The van der Waals surface area contributed by atoms with E-state index in [0.29, 0.717) is 5.92 Å². The molecule has 1 nitrogen and oxygen atoms in total. The Kier molecular flexibility index (Phi) is 3.60. The summed E-state index contributed by atoms with van der Waals surface area (Å²) in [6, 6.07) is 4.31. The highest BCUT2D eigenvalue weighted by Crippen LogP contribution is 2.24. The Labute approximate surface area is 72.2 Å². The van der Waals surface area contributed by atoms with Gasteiger partial charge in [0.2, 0.25) is 0 Å². The highest BCUT2D eigenvalue weighted by Gasteiger charge is 2.04. The molecule has 11 heavy (non-hydrogen) atoms. The molecule has 62 valence electrons. The van der Waals surface area contributed by atoms with Crippen LogP contribution >= 0.6 is 11.3 Å². The number of rotatable bonds is 4. The van der Waals surface area contributed by atoms with Crippen molar-refractivity contribution in [1.82, 2.24) is 0 Å². The zero-order valence-corrected chi connectivity index (χ0v) is 7.73. The van der Waals surface area contributed by atoms with E-state index in [1.54, 1.807) is 0 Å². The summed E-state index contributed by atoms with van der Waals surface area (Å²) in [6.07, 6.45) is 2.36. The first-order valence-electron chi connectivity index (χ1n) is 4.08. The Hall–Kier alpha value is -0.340. The van der Waals surface area contributed by atoms with Gasteiger partial charge in [-0.15, -0.1) is 11.3 Å². The van der Waals surface area contributed by atoms with Crippen LogP contribution in [0.15, 0.2) is 17.5 Å². The lowest BCUT2D eigenvalue weighted by Crippen LogP contribution is -2.00. The molecule has 2 heteroatoms. The zero-order chi connectivity index (χ0) is 8.10. The van der Waals surface area contributed by atoms with E-state index in [-0.39, 0.29) is 0 Å². The standard InChI is InChI=1S/C9H15NS/c1-8(4-2-6-10)9-5-3-7-11-9/h3,5,7-8H,2,4,6,10H2,1H3. The largest absolute Gasteiger partial charge is 0.330 e. The molecule has 1 rings (SSSR count). The van der Waals surface area contributed by atoms with E-state index < -0.39 is 0 Å². The van der Waals surface area contributed by atoms with Crippen molar-refractivity contribution in [1.29, 1.82) is 0 Å². The quantitative estimate of drug-likeness (QED) is 0.736. The van der Waals surface area contributed by atoms with Gasteiger partial charge in [-0.25, -0.2) is 0 Å². The van der Waals surface area contributed by atoms with Crippen LogP contribution in [0.1, 0.15) is 30.6 Å². The Morgan fingerprint density at radius 1 is 1.64 bits per heavy atom. The summed E-state index contributed by atoms with van der Waals surface area (Å²) in [5.41, 5.74) is 5.43. The molecule has 0 aromatic carbocycles. The van der Waals surface area contributed by atoms with Crippen LogP contribution in [0, 0.1) is 0 Å².